The summed E-state index contributed by atoms with van der Waals surface area (Å²) in [4.78, 5) is 15.7. The van der Waals surface area contributed by atoms with E-state index in [0.717, 1.165) is 12.5 Å². The number of nitrogens with two attached hydrogens (primary N) is 1. The van der Waals surface area contributed by atoms with Crippen molar-refractivity contribution in [1.82, 2.24) is 4.98 Å². The number of hydrogen-bond acceptors (Lipinski definition) is 5. The molecule has 0 bridgehead atoms. The fraction of sp³-hybridized carbons (Fsp3) is 0.625. The first-order chi connectivity index (χ1) is 10.1. The van der Waals surface area contributed by atoms with Gasteiger partial charge in [0.25, 0.3) is 0 Å². The molecule has 1 fully saturated rings. The number of aromatic nitrogens is 1. The fourth-order valence-corrected chi connectivity index (χ4v) is 2.91. The van der Waals surface area contributed by atoms with Crippen molar-refractivity contribution in [3.63, 3.8) is 0 Å². The van der Waals surface area contributed by atoms with E-state index in [2.05, 4.69) is 22.0 Å². The van der Waals surface area contributed by atoms with Gasteiger partial charge in [-0.3, -0.25) is 0 Å². The van der Waals surface area contributed by atoms with Crippen LogP contribution in [-0.4, -0.2) is 24.6 Å². The number of nitrogens with zero attached hydrogens (tertiary/aromatic N) is 1. The first-order valence-corrected chi connectivity index (χ1v) is 7.72. The second kappa shape index (κ2) is 7.29. The number of carbonyl (C=O) groups is 1. The zero-order valence-corrected chi connectivity index (χ0v) is 12.9. The monoisotopic (exact) mass is 291 g/mol. The molecule has 5 nitrogen and oxygen atoms in total. The average Bonchev–Trinajstić information content (AvgIpc) is 2.53. The van der Waals surface area contributed by atoms with Crippen LogP contribution in [0.2, 0.25) is 0 Å². The number of nitrogens with one attached hydrogen (secondary N) is 1. The first kappa shape index (κ1) is 15.6. The Morgan fingerprint density at radius 2 is 2.00 bits per heavy atom. The normalized spacial score (nSPS) is 21.8. The third kappa shape index (κ3) is 4.09. The lowest BCUT2D eigenvalue weighted by Crippen LogP contribution is -2.22. The summed E-state index contributed by atoms with van der Waals surface area (Å²) >= 11 is 0. The molecule has 0 spiro atoms. The van der Waals surface area contributed by atoms with Crippen LogP contribution in [0, 0.1) is 11.8 Å². The summed E-state index contributed by atoms with van der Waals surface area (Å²) in [7, 11) is 1.35. The Bertz CT molecular complexity index is 482. The van der Waals surface area contributed by atoms with Crippen LogP contribution in [0.4, 0.5) is 11.5 Å². The molecule has 1 aliphatic carbocycles. The molecule has 1 aromatic rings. The van der Waals surface area contributed by atoms with Crippen molar-refractivity contribution in [2.45, 2.75) is 39.0 Å². The van der Waals surface area contributed by atoms with E-state index < -0.39 is 5.97 Å². The molecule has 3 N–H and O–H groups in total. The zero-order chi connectivity index (χ0) is 15.2. The first-order valence-electron chi connectivity index (χ1n) is 7.72. The van der Waals surface area contributed by atoms with E-state index in [1.54, 1.807) is 12.1 Å². The van der Waals surface area contributed by atoms with Gasteiger partial charge in [0.1, 0.15) is 5.82 Å². The van der Waals surface area contributed by atoms with Gasteiger partial charge in [-0.1, -0.05) is 26.2 Å². The highest BCUT2D eigenvalue weighted by atomic mass is 16.5. The lowest BCUT2D eigenvalue weighted by Gasteiger charge is -2.28. The van der Waals surface area contributed by atoms with Crippen LogP contribution < -0.4 is 11.1 Å². The SMILES string of the molecule is CCC1CCC(CNc2nc(C(=O)OC)ccc2N)CC1. The molecule has 5 heteroatoms. The summed E-state index contributed by atoms with van der Waals surface area (Å²) in [6.07, 6.45) is 6.42. The maximum atomic E-state index is 11.5. The quantitative estimate of drug-likeness (QED) is 0.815. The highest BCUT2D eigenvalue weighted by molar-refractivity contribution is 5.88. The molecule has 21 heavy (non-hydrogen) atoms. The van der Waals surface area contributed by atoms with Crippen molar-refractivity contribution in [3.8, 4) is 0 Å². The molecule has 0 aliphatic heterocycles. The number of nitrogen functional groups attached to an aromatic ring is 1. The van der Waals surface area contributed by atoms with Gasteiger partial charge < -0.3 is 15.8 Å². The van der Waals surface area contributed by atoms with Crippen LogP contribution in [0.1, 0.15) is 49.5 Å². The van der Waals surface area contributed by atoms with Gasteiger partial charge in [-0.05, 0) is 36.8 Å². The molecule has 116 valence electrons. The molecular formula is C16H25N3O2. The van der Waals surface area contributed by atoms with Crippen molar-refractivity contribution < 1.29 is 9.53 Å². The van der Waals surface area contributed by atoms with Gasteiger partial charge in [0.15, 0.2) is 5.69 Å². The maximum absolute atomic E-state index is 11.5. The van der Waals surface area contributed by atoms with Crippen LogP contribution in [0.3, 0.4) is 0 Å². The predicted octanol–water partition coefficient (Wildman–Crippen LogP) is 3.08. The van der Waals surface area contributed by atoms with Gasteiger partial charge in [0.2, 0.25) is 0 Å². The van der Waals surface area contributed by atoms with Crippen LogP contribution in [0.5, 0.6) is 0 Å². The number of rotatable bonds is 5. The molecule has 0 amide bonds. The van der Waals surface area contributed by atoms with Gasteiger partial charge in [-0.2, -0.15) is 0 Å². The van der Waals surface area contributed by atoms with E-state index >= 15 is 0 Å². The maximum Gasteiger partial charge on any atom is 0.356 e. The Balaban J connectivity index is 1.92. The van der Waals surface area contributed by atoms with E-state index in [9.17, 15) is 4.79 Å². The molecular weight excluding hydrogens is 266 g/mol. The van der Waals surface area contributed by atoms with Crippen LogP contribution >= 0.6 is 0 Å². The third-order valence-electron chi connectivity index (χ3n) is 4.42. The van der Waals surface area contributed by atoms with Crippen LogP contribution in [0.25, 0.3) is 0 Å². The van der Waals surface area contributed by atoms with E-state index in [4.69, 9.17) is 5.73 Å². The average molecular weight is 291 g/mol. The third-order valence-corrected chi connectivity index (χ3v) is 4.42. The zero-order valence-electron chi connectivity index (χ0n) is 12.9. The van der Waals surface area contributed by atoms with E-state index in [1.165, 1.54) is 39.2 Å². The van der Waals surface area contributed by atoms with Crippen molar-refractivity contribution in [2.75, 3.05) is 24.7 Å². The minimum atomic E-state index is -0.443. The molecule has 0 aromatic carbocycles. The topological polar surface area (TPSA) is 77.2 Å². The van der Waals surface area contributed by atoms with E-state index in [1.807, 2.05) is 0 Å². The second-order valence-electron chi connectivity index (χ2n) is 5.80. The smallest absolute Gasteiger partial charge is 0.356 e. The van der Waals surface area contributed by atoms with Crippen LogP contribution in [-0.2, 0) is 4.74 Å². The summed E-state index contributed by atoms with van der Waals surface area (Å²) < 4.78 is 4.68. The minimum absolute atomic E-state index is 0.281. The Labute approximate surface area is 126 Å². The number of carbonyl (C=O) groups excluding carboxylic acids is 1. The molecule has 2 rings (SSSR count). The van der Waals surface area contributed by atoms with E-state index in [-0.39, 0.29) is 5.69 Å². The molecule has 0 atom stereocenters. The lowest BCUT2D eigenvalue weighted by atomic mass is 9.81. The van der Waals surface area contributed by atoms with E-state index in [0.29, 0.717) is 17.4 Å². The van der Waals surface area contributed by atoms with Crippen molar-refractivity contribution >= 4 is 17.5 Å². The van der Waals surface area contributed by atoms with Crippen molar-refractivity contribution in [3.05, 3.63) is 17.8 Å². The van der Waals surface area contributed by atoms with Crippen molar-refractivity contribution in [1.29, 1.82) is 0 Å². The van der Waals surface area contributed by atoms with Gasteiger partial charge in [0, 0.05) is 6.54 Å². The molecule has 1 saturated carbocycles. The number of methoxy groups -OCH3 is 1. The molecule has 0 unspecified atom stereocenters. The Hall–Kier alpha value is -1.78. The summed E-state index contributed by atoms with van der Waals surface area (Å²) in [6, 6.07) is 3.27. The summed E-state index contributed by atoms with van der Waals surface area (Å²) in [5.41, 5.74) is 6.75. The number of anilines is 2. The summed E-state index contributed by atoms with van der Waals surface area (Å²) in [5, 5.41) is 3.29. The number of hydrogen-bond donors (Lipinski definition) is 2. The highest BCUT2D eigenvalue weighted by Crippen LogP contribution is 2.31. The molecule has 0 radical (unpaired) electrons. The standard InChI is InChI=1S/C16H25N3O2/c1-3-11-4-6-12(7-5-11)10-18-15-13(17)8-9-14(19-15)16(20)21-2/h8-9,11-12H,3-7,10,17H2,1-2H3,(H,18,19). The second-order valence-corrected chi connectivity index (χ2v) is 5.80. The van der Waals surface area contributed by atoms with Gasteiger partial charge >= 0.3 is 5.97 Å². The Kier molecular flexibility index (Phi) is 5.42. The molecule has 1 heterocycles. The minimum Gasteiger partial charge on any atom is -0.464 e. The van der Waals surface area contributed by atoms with Gasteiger partial charge in [-0.15, -0.1) is 0 Å². The van der Waals surface area contributed by atoms with Gasteiger partial charge in [-0.25, -0.2) is 9.78 Å². The Morgan fingerprint density at radius 3 is 2.62 bits per heavy atom. The molecule has 1 aliphatic rings. The summed E-state index contributed by atoms with van der Waals surface area (Å²) in [5.74, 6) is 1.69. The summed E-state index contributed by atoms with van der Waals surface area (Å²) in [6.45, 7) is 3.13. The Morgan fingerprint density at radius 1 is 1.33 bits per heavy atom. The molecule has 1 aromatic heterocycles. The predicted molar refractivity (Wildman–Crippen MR) is 84.2 cm³/mol. The fourth-order valence-electron chi connectivity index (χ4n) is 2.91. The van der Waals surface area contributed by atoms with Gasteiger partial charge in [0.05, 0.1) is 12.8 Å². The number of pyridine rings is 1. The highest BCUT2D eigenvalue weighted by Gasteiger charge is 2.20. The molecule has 0 saturated heterocycles. The number of esters is 1. The largest absolute Gasteiger partial charge is 0.464 e. The number of ether oxygens (including phenoxy) is 1. The van der Waals surface area contributed by atoms with Crippen LogP contribution in [0.15, 0.2) is 12.1 Å². The van der Waals surface area contributed by atoms with Crippen molar-refractivity contribution in [2.24, 2.45) is 11.8 Å². The lowest BCUT2D eigenvalue weighted by molar-refractivity contribution is 0.0594.